The molecule has 1 heterocycles. The van der Waals surface area contributed by atoms with Crippen molar-refractivity contribution in [3.63, 3.8) is 0 Å². The Morgan fingerprint density at radius 3 is 2.48 bits per heavy atom. The summed E-state index contributed by atoms with van der Waals surface area (Å²) in [6, 6.07) is 12.7. The molecule has 0 fully saturated rings. The fraction of sp³-hybridized carbons (Fsp3) is 0. The van der Waals surface area contributed by atoms with E-state index in [1.54, 1.807) is 28.8 Å². The summed E-state index contributed by atoms with van der Waals surface area (Å²) >= 11 is 0. The Bertz CT molecular complexity index is 901. The number of rotatable bonds is 2. The molecule has 1 N–H and O–H groups in total. The lowest BCUT2D eigenvalue weighted by Gasteiger charge is -2.12. The molecule has 3 aromatic rings. The highest BCUT2D eigenvalue weighted by Gasteiger charge is 2.15. The van der Waals surface area contributed by atoms with Crippen molar-refractivity contribution in [1.29, 1.82) is 0 Å². The minimum atomic E-state index is -1.34. The Morgan fingerprint density at radius 2 is 1.81 bits per heavy atom. The minimum absolute atomic E-state index is 0.0405. The van der Waals surface area contributed by atoms with Crippen molar-refractivity contribution < 1.29 is 14.3 Å². The van der Waals surface area contributed by atoms with Gasteiger partial charge in [0.1, 0.15) is 11.4 Å². The zero-order chi connectivity index (χ0) is 15.0. The molecule has 0 amide bonds. The number of hydrogen-bond acceptors (Lipinski definition) is 2. The molecule has 0 unspecified atom stereocenters. The van der Waals surface area contributed by atoms with Crippen LogP contribution >= 0.6 is 0 Å². The van der Waals surface area contributed by atoms with Crippen molar-refractivity contribution in [1.82, 2.24) is 4.57 Å². The second kappa shape index (κ2) is 4.86. The largest absolute Gasteiger partial charge is 0.477 e. The highest BCUT2D eigenvalue weighted by molar-refractivity contribution is 5.93. The average molecular weight is 283 g/mol. The molecule has 0 bridgehead atoms. The zero-order valence-electron chi connectivity index (χ0n) is 10.8. The van der Waals surface area contributed by atoms with Gasteiger partial charge in [-0.25, -0.2) is 9.18 Å². The molecule has 5 heteroatoms. The van der Waals surface area contributed by atoms with Gasteiger partial charge in [-0.15, -0.1) is 0 Å². The van der Waals surface area contributed by atoms with Crippen molar-refractivity contribution in [2.75, 3.05) is 0 Å². The van der Waals surface area contributed by atoms with Crippen molar-refractivity contribution in [2.24, 2.45) is 0 Å². The number of benzene rings is 2. The van der Waals surface area contributed by atoms with Crippen LogP contribution < -0.4 is 5.43 Å². The van der Waals surface area contributed by atoms with Gasteiger partial charge in [-0.3, -0.25) is 4.79 Å². The molecule has 0 aliphatic carbocycles. The quantitative estimate of drug-likeness (QED) is 0.786. The van der Waals surface area contributed by atoms with Gasteiger partial charge in [-0.1, -0.05) is 18.2 Å². The molecule has 0 saturated heterocycles. The van der Waals surface area contributed by atoms with Crippen LogP contribution in [0.15, 0.2) is 59.5 Å². The van der Waals surface area contributed by atoms with Crippen LogP contribution in [-0.4, -0.2) is 15.6 Å². The van der Waals surface area contributed by atoms with Crippen molar-refractivity contribution in [3.8, 4) is 5.69 Å². The molecular weight excluding hydrogens is 273 g/mol. The van der Waals surface area contributed by atoms with Gasteiger partial charge in [-0.05, 0) is 30.3 Å². The minimum Gasteiger partial charge on any atom is -0.477 e. The number of carbonyl (C=O) groups is 1. The SMILES string of the molecule is O=C(O)c1cn(-c2ccccc2)c2ccc(F)cc2c1=O. The van der Waals surface area contributed by atoms with E-state index in [9.17, 15) is 14.0 Å². The van der Waals surface area contributed by atoms with Crippen LogP contribution in [0, 0.1) is 5.82 Å². The maximum absolute atomic E-state index is 13.4. The third-order valence-corrected chi connectivity index (χ3v) is 3.23. The fourth-order valence-corrected chi connectivity index (χ4v) is 2.26. The lowest BCUT2D eigenvalue weighted by molar-refractivity contribution is 0.0695. The molecule has 0 atom stereocenters. The molecule has 0 spiro atoms. The first-order valence-corrected chi connectivity index (χ1v) is 6.21. The maximum Gasteiger partial charge on any atom is 0.341 e. The number of pyridine rings is 1. The van der Waals surface area contributed by atoms with Gasteiger partial charge >= 0.3 is 5.97 Å². The van der Waals surface area contributed by atoms with Crippen LogP contribution in [0.2, 0.25) is 0 Å². The molecule has 0 radical (unpaired) electrons. The summed E-state index contributed by atoms with van der Waals surface area (Å²) in [4.78, 5) is 23.4. The van der Waals surface area contributed by atoms with Gasteiger partial charge in [0, 0.05) is 17.3 Å². The van der Waals surface area contributed by atoms with Crippen LogP contribution in [0.3, 0.4) is 0 Å². The van der Waals surface area contributed by atoms with E-state index in [-0.39, 0.29) is 5.39 Å². The molecule has 2 aromatic carbocycles. The number of hydrogen-bond donors (Lipinski definition) is 1. The first-order valence-electron chi connectivity index (χ1n) is 6.21. The predicted molar refractivity (Wildman–Crippen MR) is 76.5 cm³/mol. The summed E-state index contributed by atoms with van der Waals surface area (Å²) in [5, 5.41) is 9.20. The van der Waals surface area contributed by atoms with Crippen LogP contribution in [0.1, 0.15) is 10.4 Å². The highest BCUT2D eigenvalue weighted by atomic mass is 19.1. The third kappa shape index (κ3) is 2.18. The Kier molecular flexibility index (Phi) is 3.02. The third-order valence-electron chi connectivity index (χ3n) is 3.23. The van der Waals surface area contributed by atoms with Crippen molar-refractivity contribution >= 4 is 16.9 Å². The van der Waals surface area contributed by atoms with E-state index in [0.29, 0.717) is 11.2 Å². The number of nitrogens with zero attached hydrogens (tertiary/aromatic N) is 1. The smallest absolute Gasteiger partial charge is 0.341 e. The zero-order valence-corrected chi connectivity index (χ0v) is 10.8. The monoisotopic (exact) mass is 283 g/mol. The molecule has 1 aromatic heterocycles. The Balaban J connectivity index is 2.47. The molecule has 21 heavy (non-hydrogen) atoms. The second-order valence-corrected chi connectivity index (χ2v) is 4.54. The molecule has 0 aliphatic heterocycles. The Labute approximate surface area is 118 Å². The van der Waals surface area contributed by atoms with E-state index in [1.165, 1.54) is 18.3 Å². The maximum atomic E-state index is 13.4. The molecule has 4 nitrogen and oxygen atoms in total. The predicted octanol–water partition coefficient (Wildman–Crippen LogP) is 2.83. The summed E-state index contributed by atoms with van der Waals surface area (Å²) < 4.78 is 15.0. The molecule has 104 valence electrons. The van der Waals surface area contributed by atoms with Gasteiger partial charge in [-0.2, -0.15) is 0 Å². The molecule has 0 saturated carbocycles. The van der Waals surface area contributed by atoms with Gasteiger partial charge < -0.3 is 9.67 Å². The van der Waals surface area contributed by atoms with Gasteiger partial charge in [0.15, 0.2) is 0 Å². The van der Waals surface area contributed by atoms with E-state index in [2.05, 4.69) is 0 Å². The lowest BCUT2D eigenvalue weighted by Crippen LogP contribution is -2.18. The van der Waals surface area contributed by atoms with Crippen LogP contribution in [0.5, 0.6) is 0 Å². The summed E-state index contributed by atoms with van der Waals surface area (Å²) in [7, 11) is 0. The number of aromatic nitrogens is 1. The first kappa shape index (κ1) is 13.1. The lowest BCUT2D eigenvalue weighted by atomic mass is 10.1. The van der Waals surface area contributed by atoms with Crippen LogP contribution in [0.25, 0.3) is 16.6 Å². The van der Waals surface area contributed by atoms with E-state index in [1.807, 2.05) is 6.07 Å². The number of carboxylic acid groups (broad SMARTS) is 1. The standard InChI is InChI=1S/C16H10FNO3/c17-10-6-7-14-12(8-10)15(19)13(16(20)21)9-18(14)11-4-2-1-3-5-11/h1-9H,(H,20,21). The number of fused-ring (bicyclic) bond motifs is 1. The van der Waals surface area contributed by atoms with Gasteiger partial charge in [0.05, 0.1) is 5.52 Å². The van der Waals surface area contributed by atoms with E-state index < -0.39 is 22.8 Å². The van der Waals surface area contributed by atoms with Gasteiger partial charge in [0.2, 0.25) is 5.43 Å². The summed E-state index contributed by atoms with van der Waals surface area (Å²) in [6.07, 6.45) is 1.26. The van der Waals surface area contributed by atoms with Crippen LogP contribution in [0.4, 0.5) is 4.39 Å². The molecule has 3 rings (SSSR count). The topological polar surface area (TPSA) is 59.3 Å². The summed E-state index contributed by atoms with van der Waals surface area (Å²) in [5.74, 6) is -1.92. The normalized spacial score (nSPS) is 10.7. The fourth-order valence-electron chi connectivity index (χ4n) is 2.26. The van der Waals surface area contributed by atoms with Gasteiger partial charge in [0.25, 0.3) is 0 Å². The van der Waals surface area contributed by atoms with Crippen molar-refractivity contribution in [3.05, 3.63) is 76.3 Å². The van der Waals surface area contributed by atoms with E-state index >= 15 is 0 Å². The first-order chi connectivity index (χ1) is 10.1. The number of halogens is 1. The number of aromatic carboxylic acids is 1. The highest BCUT2D eigenvalue weighted by Crippen LogP contribution is 2.18. The van der Waals surface area contributed by atoms with Crippen molar-refractivity contribution in [2.45, 2.75) is 0 Å². The second-order valence-electron chi connectivity index (χ2n) is 4.54. The average Bonchev–Trinajstić information content (AvgIpc) is 2.48. The Hall–Kier alpha value is -2.95. The summed E-state index contributed by atoms with van der Waals surface area (Å²) in [6.45, 7) is 0. The number of carboxylic acids is 1. The summed E-state index contributed by atoms with van der Waals surface area (Å²) in [5.41, 5.74) is 0.0651. The van der Waals surface area contributed by atoms with E-state index in [0.717, 1.165) is 6.07 Å². The molecular formula is C16H10FNO3. The van der Waals surface area contributed by atoms with Crippen LogP contribution in [-0.2, 0) is 0 Å². The Morgan fingerprint density at radius 1 is 1.10 bits per heavy atom. The van der Waals surface area contributed by atoms with E-state index in [4.69, 9.17) is 5.11 Å². The molecule has 0 aliphatic rings. The number of para-hydroxylation sites is 1.